The van der Waals surface area contributed by atoms with Crippen molar-refractivity contribution in [2.45, 2.75) is 20.0 Å². The molecule has 1 rings (SSSR count). The van der Waals surface area contributed by atoms with Gasteiger partial charge in [-0.1, -0.05) is 0 Å². The van der Waals surface area contributed by atoms with Crippen molar-refractivity contribution in [3.8, 4) is 0 Å². The Kier molecular flexibility index (Phi) is 1.68. The summed E-state index contributed by atoms with van der Waals surface area (Å²) in [6.45, 7) is 3.37. The van der Waals surface area contributed by atoms with Gasteiger partial charge >= 0.3 is 0 Å². The quantitative estimate of drug-likeness (QED) is 0.524. The van der Waals surface area contributed by atoms with Crippen LogP contribution in [0.3, 0.4) is 0 Å². The zero-order chi connectivity index (χ0) is 7.72. The van der Waals surface area contributed by atoms with E-state index in [1.165, 1.54) is 6.08 Å². The van der Waals surface area contributed by atoms with Crippen LogP contribution in [-0.4, -0.2) is 22.7 Å². The Morgan fingerprint density at radius 3 is 2.70 bits per heavy atom. The normalized spacial score (nSPS) is 25.9. The predicted molar refractivity (Wildman–Crippen MR) is 37.9 cm³/mol. The molecule has 1 unspecified atom stereocenters. The summed E-state index contributed by atoms with van der Waals surface area (Å²) < 4.78 is 0. The number of aliphatic hydroxyl groups is 1. The summed E-state index contributed by atoms with van der Waals surface area (Å²) in [5, 5.41) is 9.04. The Balaban J connectivity index is 2.95. The van der Waals surface area contributed by atoms with E-state index in [1.54, 1.807) is 13.8 Å². The second-order valence-corrected chi connectivity index (χ2v) is 2.34. The van der Waals surface area contributed by atoms with Crippen molar-refractivity contribution >= 4 is 11.5 Å². The topological polar surface area (TPSA) is 49.7 Å². The van der Waals surface area contributed by atoms with Crippen molar-refractivity contribution < 1.29 is 9.90 Å². The molecule has 3 heteroatoms. The Labute approximate surface area is 59.1 Å². The first-order valence-electron chi connectivity index (χ1n) is 3.06. The second-order valence-electron chi connectivity index (χ2n) is 2.34. The molecule has 0 aromatic carbocycles. The fourth-order valence-electron chi connectivity index (χ4n) is 0.862. The summed E-state index contributed by atoms with van der Waals surface area (Å²) in [5.41, 5.74) is 1.14. The molecule has 0 saturated heterocycles. The van der Waals surface area contributed by atoms with Crippen LogP contribution in [0, 0.1) is 0 Å². The standard InChI is InChI=1S/C7H9NO2/c1-4-3-6(9)7(10)5(2)8-4/h3,7,10H,1-2H3. The van der Waals surface area contributed by atoms with Crippen molar-refractivity contribution in [1.29, 1.82) is 0 Å². The van der Waals surface area contributed by atoms with Gasteiger partial charge in [-0.25, -0.2) is 0 Å². The van der Waals surface area contributed by atoms with E-state index in [0.717, 1.165) is 0 Å². The van der Waals surface area contributed by atoms with E-state index in [0.29, 0.717) is 11.4 Å². The Morgan fingerprint density at radius 2 is 2.20 bits per heavy atom. The molecular weight excluding hydrogens is 130 g/mol. The molecule has 0 bridgehead atoms. The van der Waals surface area contributed by atoms with Gasteiger partial charge in [-0.15, -0.1) is 0 Å². The van der Waals surface area contributed by atoms with Gasteiger partial charge < -0.3 is 5.11 Å². The second kappa shape index (κ2) is 2.34. The van der Waals surface area contributed by atoms with Gasteiger partial charge in [-0.2, -0.15) is 0 Å². The Hall–Kier alpha value is -0.960. The maximum Gasteiger partial charge on any atom is 0.191 e. The lowest BCUT2D eigenvalue weighted by molar-refractivity contribution is -0.119. The highest BCUT2D eigenvalue weighted by Gasteiger charge is 2.19. The molecule has 1 atom stereocenters. The number of carbonyl (C=O) groups is 1. The van der Waals surface area contributed by atoms with Gasteiger partial charge in [0.15, 0.2) is 11.9 Å². The SMILES string of the molecule is CC1=CC(=O)C(O)C(C)=N1. The first kappa shape index (κ1) is 7.15. The highest BCUT2D eigenvalue weighted by Crippen LogP contribution is 2.06. The highest BCUT2D eigenvalue weighted by molar-refractivity contribution is 6.13. The number of allylic oxidation sites excluding steroid dienone is 1. The van der Waals surface area contributed by atoms with E-state index in [2.05, 4.69) is 4.99 Å². The Morgan fingerprint density at radius 1 is 1.60 bits per heavy atom. The van der Waals surface area contributed by atoms with Crippen LogP contribution < -0.4 is 0 Å². The molecule has 0 aromatic heterocycles. The molecule has 0 saturated carbocycles. The van der Waals surface area contributed by atoms with Gasteiger partial charge in [0, 0.05) is 11.8 Å². The van der Waals surface area contributed by atoms with E-state index in [1.807, 2.05) is 0 Å². The largest absolute Gasteiger partial charge is 0.379 e. The summed E-state index contributed by atoms with van der Waals surface area (Å²) in [6, 6.07) is 0. The number of carbonyl (C=O) groups excluding carboxylic acids is 1. The summed E-state index contributed by atoms with van der Waals surface area (Å²) >= 11 is 0. The van der Waals surface area contributed by atoms with Crippen LogP contribution in [0.5, 0.6) is 0 Å². The molecule has 1 heterocycles. The molecule has 1 N–H and O–H groups in total. The average Bonchev–Trinajstić information content (AvgIpc) is 1.82. The predicted octanol–water partition coefficient (Wildman–Crippen LogP) is 0.295. The van der Waals surface area contributed by atoms with E-state index < -0.39 is 6.10 Å². The first-order valence-corrected chi connectivity index (χ1v) is 3.06. The molecule has 0 aromatic rings. The van der Waals surface area contributed by atoms with Crippen LogP contribution in [0.4, 0.5) is 0 Å². The van der Waals surface area contributed by atoms with Gasteiger partial charge in [0.2, 0.25) is 0 Å². The summed E-state index contributed by atoms with van der Waals surface area (Å²) in [4.78, 5) is 14.7. The highest BCUT2D eigenvalue weighted by atomic mass is 16.3. The number of hydrogen-bond acceptors (Lipinski definition) is 3. The molecule has 0 fully saturated rings. The van der Waals surface area contributed by atoms with Crippen molar-refractivity contribution in [2.75, 3.05) is 0 Å². The maximum atomic E-state index is 10.8. The minimum absolute atomic E-state index is 0.273. The molecule has 0 aliphatic carbocycles. The number of rotatable bonds is 0. The minimum atomic E-state index is -1.01. The Bertz CT molecular complexity index is 228. The lowest BCUT2D eigenvalue weighted by atomic mass is 10.1. The van der Waals surface area contributed by atoms with E-state index >= 15 is 0 Å². The van der Waals surface area contributed by atoms with Crippen LogP contribution in [0.2, 0.25) is 0 Å². The summed E-state index contributed by atoms with van der Waals surface area (Å²) in [5.74, 6) is -0.273. The fraction of sp³-hybridized carbons (Fsp3) is 0.429. The van der Waals surface area contributed by atoms with Crippen LogP contribution in [-0.2, 0) is 4.79 Å². The first-order chi connectivity index (χ1) is 4.61. The van der Waals surface area contributed by atoms with E-state index in [-0.39, 0.29) is 5.78 Å². The molecule has 10 heavy (non-hydrogen) atoms. The van der Waals surface area contributed by atoms with Crippen LogP contribution >= 0.6 is 0 Å². The monoisotopic (exact) mass is 139 g/mol. The third kappa shape index (κ3) is 1.14. The van der Waals surface area contributed by atoms with Crippen molar-refractivity contribution in [3.05, 3.63) is 11.8 Å². The van der Waals surface area contributed by atoms with Gasteiger partial charge in [-0.05, 0) is 13.8 Å². The lowest BCUT2D eigenvalue weighted by Crippen LogP contribution is -2.29. The molecule has 1 aliphatic rings. The molecule has 1 aliphatic heterocycles. The number of aliphatic hydroxyl groups excluding tert-OH is 1. The third-order valence-electron chi connectivity index (χ3n) is 1.37. The van der Waals surface area contributed by atoms with Gasteiger partial charge in [0.05, 0.1) is 5.71 Å². The van der Waals surface area contributed by atoms with E-state index in [4.69, 9.17) is 5.11 Å². The summed E-state index contributed by atoms with van der Waals surface area (Å²) in [7, 11) is 0. The molecule has 3 nitrogen and oxygen atoms in total. The lowest BCUT2D eigenvalue weighted by Gasteiger charge is -2.11. The molecular formula is C7H9NO2. The minimum Gasteiger partial charge on any atom is -0.379 e. The van der Waals surface area contributed by atoms with Gasteiger partial charge in [0.25, 0.3) is 0 Å². The number of hydrogen-bond donors (Lipinski definition) is 1. The maximum absolute atomic E-state index is 10.8. The van der Waals surface area contributed by atoms with E-state index in [9.17, 15) is 4.79 Å². The zero-order valence-corrected chi connectivity index (χ0v) is 5.96. The third-order valence-corrected chi connectivity index (χ3v) is 1.37. The average molecular weight is 139 g/mol. The van der Waals surface area contributed by atoms with Crippen molar-refractivity contribution in [3.63, 3.8) is 0 Å². The smallest absolute Gasteiger partial charge is 0.191 e. The molecule has 54 valence electrons. The van der Waals surface area contributed by atoms with Crippen LogP contribution in [0.15, 0.2) is 16.8 Å². The number of aliphatic imine (C=N–C) groups is 1. The molecule has 0 spiro atoms. The van der Waals surface area contributed by atoms with Crippen molar-refractivity contribution in [1.82, 2.24) is 0 Å². The summed E-state index contributed by atoms with van der Waals surface area (Å²) in [6.07, 6.45) is 0.334. The van der Waals surface area contributed by atoms with Crippen LogP contribution in [0.1, 0.15) is 13.8 Å². The fourth-order valence-corrected chi connectivity index (χ4v) is 0.862. The van der Waals surface area contributed by atoms with Gasteiger partial charge in [-0.3, -0.25) is 9.79 Å². The van der Waals surface area contributed by atoms with Gasteiger partial charge in [0.1, 0.15) is 0 Å². The zero-order valence-electron chi connectivity index (χ0n) is 5.96. The number of ketones is 1. The number of nitrogens with zero attached hydrogens (tertiary/aromatic N) is 1. The van der Waals surface area contributed by atoms with Crippen LogP contribution in [0.25, 0.3) is 0 Å². The molecule has 0 radical (unpaired) electrons. The van der Waals surface area contributed by atoms with Crippen molar-refractivity contribution in [2.24, 2.45) is 4.99 Å². The molecule has 0 amide bonds.